The van der Waals surface area contributed by atoms with Crippen molar-refractivity contribution in [3.05, 3.63) is 105 Å². The highest BCUT2D eigenvalue weighted by atomic mass is 16.5. The topological polar surface area (TPSA) is 96.0 Å². The van der Waals surface area contributed by atoms with E-state index < -0.39 is 17.2 Å². The summed E-state index contributed by atoms with van der Waals surface area (Å²) in [5, 5.41) is 1.14. The summed E-state index contributed by atoms with van der Waals surface area (Å²) in [7, 11) is 0. The van der Waals surface area contributed by atoms with Crippen LogP contribution in [0, 0.1) is 6.92 Å². The maximum absolute atomic E-state index is 12.9. The normalized spacial score (nSPS) is 11.0. The van der Waals surface area contributed by atoms with E-state index in [2.05, 4.69) is 0 Å². The first-order valence-electron chi connectivity index (χ1n) is 11.0. The smallest absolute Gasteiger partial charge is 0.344 e. The minimum Gasteiger partial charge on any atom is -0.490 e. The molecule has 0 aliphatic carbocycles. The highest BCUT2D eigenvalue weighted by Gasteiger charge is 2.17. The van der Waals surface area contributed by atoms with E-state index in [4.69, 9.17) is 18.3 Å². The van der Waals surface area contributed by atoms with Gasteiger partial charge in [0.25, 0.3) is 0 Å². The number of hydrogen-bond donors (Lipinski definition) is 0. The zero-order valence-electron chi connectivity index (χ0n) is 19.0. The Kier molecular flexibility index (Phi) is 5.66. The van der Waals surface area contributed by atoms with Crippen molar-refractivity contribution in [2.24, 2.45) is 0 Å². The second-order valence-electron chi connectivity index (χ2n) is 7.90. The summed E-state index contributed by atoms with van der Waals surface area (Å²) in [6, 6.07) is 19.9. The molecule has 0 saturated heterocycles. The zero-order valence-corrected chi connectivity index (χ0v) is 19.0. The largest absolute Gasteiger partial charge is 0.490 e. The number of para-hydroxylation sites is 1. The Hall–Kier alpha value is -4.65. The SMILES string of the molecule is CCOc1cccc2cc(-c3cc(=O)oc4cc(OC(=O)c5ccccc5C)ccc34)c(=O)oc12. The Labute approximate surface area is 199 Å². The summed E-state index contributed by atoms with van der Waals surface area (Å²) < 4.78 is 22.0. The van der Waals surface area contributed by atoms with Gasteiger partial charge < -0.3 is 18.3 Å². The van der Waals surface area contributed by atoms with Gasteiger partial charge in [-0.1, -0.05) is 30.3 Å². The van der Waals surface area contributed by atoms with Gasteiger partial charge >= 0.3 is 17.2 Å². The number of aryl methyl sites for hydroxylation is 1. The molecule has 2 heterocycles. The standard InChI is InChI=1S/C28H20O7/c1-3-32-23-10-6-8-17-13-22(28(31)35-26(17)23)21-15-25(29)34-24-14-18(11-12-20(21)24)33-27(30)19-9-5-4-7-16(19)2/h4-15H,3H2,1-2H3. The summed E-state index contributed by atoms with van der Waals surface area (Å²) in [6.45, 7) is 4.08. The number of carbonyl (C=O) groups is 1. The number of ether oxygens (including phenoxy) is 2. The van der Waals surface area contributed by atoms with Crippen molar-refractivity contribution in [3.8, 4) is 22.6 Å². The Morgan fingerprint density at radius 2 is 1.71 bits per heavy atom. The third-order valence-electron chi connectivity index (χ3n) is 5.61. The molecule has 3 aromatic carbocycles. The van der Waals surface area contributed by atoms with E-state index >= 15 is 0 Å². The molecule has 0 fully saturated rings. The van der Waals surface area contributed by atoms with E-state index in [9.17, 15) is 14.4 Å². The molecule has 0 saturated carbocycles. The molecule has 0 bridgehead atoms. The summed E-state index contributed by atoms with van der Waals surface area (Å²) in [4.78, 5) is 37.9. The number of esters is 1. The molecular formula is C28H20O7. The molecule has 0 atom stereocenters. The first-order chi connectivity index (χ1) is 16.9. The Bertz CT molecular complexity index is 1710. The van der Waals surface area contributed by atoms with Crippen LogP contribution in [0.15, 0.2) is 91.2 Å². The Morgan fingerprint density at radius 3 is 2.51 bits per heavy atom. The lowest BCUT2D eigenvalue weighted by molar-refractivity contribution is 0.0734. The van der Waals surface area contributed by atoms with Gasteiger partial charge in [0.15, 0.2) is 11.3 Å². The number of rotatable bonds is 5. The van der Waals surface area contributed by atoms with Crippen molar-refractivity contribution in [2.75, 3.05) is 6.61 Å². The average Bonchev–Trinajstić information content (AvgIpc) is 2.84. The van der Waals surface area contributed by atoms with E-state index in [0.717, 1.165) is 5.56 Å². The maximum atomic E-state index is 12.9. The molecule has 0 N–H and O–H groups in total. The molecule has 5 rings (SSSR count). The molecule has 0 amide bonds. The number of fused-ring (bicyclic) bond motifs is 2. The first kappa shape index (κ1) is 22.2. The second kappa shape index (κ2) is 8.95. The highest BCUT2D eigenvalue weighted by Crippen LogP contribution is 2.32. The van der Waals surface area contributed by atoms with Gasteiger partial charge in [-0.3, -0.25) is 0 Å². The fourth-order valence-electron chi connectivity index (χ4n) is 3.97. The number of benzene rings is 3. The van der Waals surface area contributed by atoms with E-state index in [-0.39, 0.29) is 16.9 Å². The predicted molar refractivity (Wildman–Crippen MR) is 131 cm³/mol. The molecule has 2 aromatic heterocycles. The van der Waals surface area contributed by atoms with E-state index in [1.165, 1.54) is 12.1 Å². The minimum atomic E-state index is -0.655. The van der Waals surface area contributed by atoms with Crippen LogP contribution in [0.5, 0.6) is 11.5 Å². The molecule has 0 radical (unpaired) electrons. The summed E-state index contributed by atoms with van der Waals surface area (Å²) in [5.74, 6) is 0.144. The highest BCUT2D eigenvalue weighted by molar-refractivity contribution is 5.97. The van der Waals surface area contributed by atoms with Crippen LogP contribution >= 0.6 is 0 Å². The van der Waals surface area contributed by atoms with Crippen LogP contribution < -0.4 is 20.7 Å². The van der Waals surface area contributed by atoms with Crippen LogP contribution in [0.4, 0.5) is 0 Å². The van der Waals surface area contributed by atoms with Gasteiger partial charge in [0.05, 0.1) is 17.7 Å². The molecule has 35 heavy (non-hydrogen) atoms. The molecule has 0 aliphatic rings. The quantitative estimate of drug-likeness (QED) is 0.191. The van der Waals surface area contributed by atoms with Crippen LogP contribution in [0.25, 0.3) is 33.1 Å². The first-order valence-corrected chi connectivity index (χ1v) is 11.0. The molecular weight excluding hydrogens is 448 g/mol. The average molecular weight is 468 g/mol. The molecule has 0 unspecified atom stereocenters. The zero-order chi connectivity index (χ0) is 24.5. The van der Waals surface area contributed by atoms with Gasteiger partial charge in [-0.25, -0.2) is 14.4 Å². The Morgan fingerprint density at radius 1 is 0.886 bits per heavy atom. The third-order valence-corrected chi connectivity index (χ3v) is 5.61. The van der Waals surface area contributed by atoms with Gasteiger partial charge in [-0.2, -0.15) is 0 Å². The molecule has 0 aliphatic heterocycles. The van der Waals surface area contributed by atoms with Crippen molar-refractivity contribution < 1.29 is 23.1 Å². The molecule has 174 valence electrons. The van der Waals surface area contributed by atoms with Crippen molar-refractivity contribution in [1.82, 2.24) is 0 Å². The van der Waals surface area contributed by atoms with Crippen LogP contribution in [-0.4, -0.2) is 12.6 Å². The van der Waals surface area contributed by atoms with Gasteiger partial charge in [0.2, 0.25) is 0 Å². The number of carbonyl (C=O) groups excluding carboxylic acids is 1. The lowest BCUT2D eigenvalue weighted by Gasteiger charge is -2.10. The van der Waals surface area contributed by atoms with Crippen LogP contribution in [0.2, 0.25) is 0 Å². The lowest BCUT2D eigenvalue weighted by Crippen LogP contribution is -2.10. The van der Waals surface area contributed by atoms with Gasteiger partial charge in [-0.05, 0) is 49.7 Å². The predicted octanol–water partition coefficient (Wildman–Crippen LogP) is 5.49. The molecule has 7 heteroatoms. The van der Waals surface area contributed by atoms with Crippen LogP contribution in [-0.2, 0) is 0 Å². The fourth-order valence-corrected chi connectivity index (χ4v) is 3.97. The fraction of sp³-hybridized carbons (Fsp3) is 0.107. The minimum absolute atomic E-state index is 0.171. The van der Waals surface area contributed by atoms with Crippen LogP contribution in [0.1, 0.15) is 22.8 Å². The van der Waals surface area contributed by atoms with Crippen LogP contribution in [0.3, 0.4) is 0 Å². The molecule has 7 nitrogen and oxygen atoms in total. The van der Waals surface area contributed by atoms with Crippen molar-refractivity contribution in [2.45, 2.75) is 13.8 Å². The summed E-state index contributed by atoms with van der Waals surface area (Å²) in [6.07, 6.45) is 0. The van der Waals surface area contributed by atoms with E-state index in [1.54, 1.807) is 48.5 Å². The number of hydrogen-bond acceptors (Lipinski definition) is 7. The van der Waals surface area contributed by atoms with Crippen molar-refractivity contribution in [1.29, 1.82) is 0 Å². The van der Waals surface area contributed by atoms with Crippen molar-refractivity contribution in [3.63, 3.8) is 0 Å². The van der Waals surface area contributed by atoms with E-state index in [0.29, 0.717) is 39.8 Å². The monoisotopic (exact) mass is 468 g/mol. The van der Waals surface area contributed by atoms with E-state index in [1.807, 2.05) is 26.0 Å². The van der Waals surface area contributed by atoms with Gasteiger partial charge in [0, 0.05) is 28.5 Å². The second-order valence-corrected chi connectivity index (χ2v) is 7.90. The third kappa shape index (κ3) is 4.19. The molecule has 0 spiro atoms. The summed E-state index contributed by atoms with van der Waals surface area (Å²) >= 11 is 0. The maximum Gasteiger partial charge on any atom is 0.344 e. The summed E-state index contributed by atoms with van der Waals surface area (Å²) in [5.41, 5.74) is 1.000. The molecule has 5 aromatic rings. The van der Waals surface area contributed by atoms with Crippen molar-refractivity contribution >= 4 is 27.9 Å². The Balaban J connectivity index is 1.59. The van der Waals surface area contributed by atoms with Gasteiger partial charge in [0.1, 0.15) is 11.3 Å². The van der Waals surface area contributed by atoms with Gasteiger partial charge in [-0.15, -0.1) is 0 Å². The lowest BCUT2D eigenvalue weighted by atomic mass is 10.0.